The summed E-state index contributed by atoms with van der Waals surface area (Å²) in [6.45, 7) is 5.27. The molecule has 0 amide bonds. The van der Waals surface area contributed by atoms with Crippen molar-refractivity contribution in [2.45, 2.75) is 84.2 Å². The summed E-state index contributed by atoms with van der Waals surface area (Å²) < 4.78 is 5.91. The summed E-state index contributed by atoms with van der Waals surface area (Å²) in [7, 11) is 1.96. The molecule has 0 aromatic carbocycles. The van der Waals surface area contributed by atoms with Crippen molar-refractivity contribution in [2.75, 3.05) is 7.11 Å². The Morgan fingerprint density at radius 2 is 1.57 bits per heavy atom. The third-order valence-electron chi connectivity index (χ3n) is 8.68. The number of methoxy groups -OCH3 is 1. The third-order valence-corrected chi connectivity index (χ3v) is 8.68. The van der Waals surface area contributed by atoms with Gasteiger partial charge in [-0.3, -0.25) is 0 Å². The molecule has 0 N–H and O–H groups in total. The maximum Gasteiger partial charge on any atom is 0.0604 e. The Labute approximate surface area is 131 Å². The summed E-state index contributed by atoms with van der Waals surface area (Å²) in [5.74, 6) is 3.95. The van der Waals surface area contributed by atoms with E-state index in [1.54, 1.807) is 0 Å². The van der Waals surface area contributed by atoms with Gasteiger partial charge in [-0.15, -0.1) is 0 Å². The van der Waals surface area contributed by atoms with Crippen LogP contribution >= 0.6 is 0 Å². The molecule has 0 aromatic rings. The maximum absolute atomic E-state index is 5.91. The summed E-state index contributed by atoms with van der Waals surface area (Å²) in [5.41, 5.74) is 1.30. The Hall–Kier alpha value is -0.0400. The van der Waals surface area contributed by atoms with Crippen molar-refractivity contribution in [3.05, 3.63) is 0 Å². The van der Waals surface area contributed by atoms with Gasteiger partial charge < -0.3 is 4.74 Å². The molecule has 4 saturated carbocycles. The van der Waals surface area contributed by atoms with E-state index in [2.05, 4.69) is 13.8 Å². The molecular weight excluding hydrogens is 256 g/mol. The lowest BCUT2D eigenvalue weighted by Crippen LogP contribution is -2.55. The van der Waals surface area contributed by atoms with E-state index in [1.807, 2.05) is 7.11 Å². The van der Waals surface area contributed by atoms with Gasteiger partial charge in [0.05, 0.1) is 6.10 Å². The van der Waals surface area contributed by atoms with E-state index >= 15 is 0 Å². The van der Waals surface area contributed by atoms with Crippen molar-refractivity contribution in [3.8, 4) is 0 Å². The number of fused-ring (bicyclic) bond motifs is 5. The molecule has 1 nitrogen and oxygen atoms in total. The lowest BCUT2D eigenvalue weighted by Gasteiger charge is -2.61. The lowest BCUT2D eigenvalue weighted by atomic mass is 9.45. The van der Waals surface area contributed by atoms with Gasteiger partial charge in [0, 0.05) is 7.11 Å². The monoisotopic (exact) mass is 290 g/mol. The lowest BCUT2D eigenvalue weighted by molar-refractivity contribution is -0.146. The molecule has 1 heteroatoms. The summed E-state index contributed by atoms with van der Waals surface area (Å²) in [4.78, 5) is 0. The zero-order valence-electron chi connectivity index (χ0n) is 14.4. The van der Waals surface area contributed by atoms with Gasteiger partial charge in [0.25, 0.3) is 0 Å². The van der Waals surface area contributed by atoms with Gasteiger partial charge >= 0.3 is 0 Å². The molecule has 0 aromatic heterocycles. The Bertz CT molecular complexity index is 405. The Balaban J connectivity index is 1.63. The van der Waals surface area contributed by atoms with Crippen molar-refractivity contribution in [2.24, 2.45) is 34.5 Å². The summed E-state index contributed by atoms with van der Waals surface area (Å²) in [6, 6.07) is 0. The summed E-state index contributed by atoms with van der Waals surface area (Å²) in [5, 5.41) is 0. The van der Waals surface area contributed by atoms with Crippen molar-refractivity contribution in [1.82, 2.24) is 0 Å². The minimum atomic E-state index is 0.557. The first kappa shape index (κ1) is 14.5. The van der Waals surface area contributed by atoms with E-state index in [4.69, 9.17) is 4.74 Å². The molecule has 0 bridgehead atoms. The molecule has 4 rings (SSSR count). The highest BCUT2D eigenvalue weighted by atomic mass is 16.5. The molecule has 7 atom stereocenters. The first-order valence-electron chi connectivity index (χ1n) is 9.61. The summed E-state index contributed by atoms with van der Waals surface area (Å²) in [6.07, 6.45) is 15.3. The minimum absolute atomic E-state index is 0.557. The molecule has 2 unspecified atom stereocenters. The predicted octanol–water partition coefficient (Wildman–Crippen LogP) is 5.43. The fraction of sp³-hybridized carbons (Fsp3) is 1.00. The van der Waals surface area contributed by atoms with Gasteiger partial charge in [0.1, 0.15) is 0 Å². The van der Waals surface area contributed by atoms with Crippen LogP contribution in [0.15, 0.2) is 0 Å². The number of ether oxygens (including phenoxy) is 1. The quantitative estimate of drug-likeness (QED) is 0.625. The average molecular weight is 290 g/mol. The molecule has 21 heavy (non-hydrogen) atoms. The van der Waals surface area contributed by atoms with Crippen molar-refractivity contribution >= 4 is 0 Å². The van der Waals surface area contributed by atoms with Crippen LogP contribution in [0, 0.1) is 34.5 Å². The topological polar surface area (TPSA) is 9.23 Å². The molecule has 0 radical (unpaired) electrons. The van der Waals surface area contributed by atoms with Crippen LogP contribution in [0.1, 0.15) is 78.1 Å². The second-order valence-corrected chi connectivity index (χ2v) is 9.32. The molecule has 0 saturated heterocycles. The number of hydrogen-bond donors (Lipinski definition) is 0. The van der Waals surface area contributed by atoms with Crippen molar-refractivity contribution < 1.29 is 4.74 Å². The normalized spacial score (nSPS) is 56.4. The van der Waals surface area contributed by atoms with Crippen molar-refractivity contribution in [3.63, 3.8) is 0 Å². The molecule has 0 spiro atoms. The second kappa shape index (κ2) is 4.98. The van der Waals surface area contributed by atoms with Gasteiger partial charge in [0.2, 0.25) is 0 Å². The van der Waals surface area contributed by atoms with Crippen LogP contribution in [0.4, 0.5) is 0 Å². The fourth-order valence-corrected chi connectivity index (χ4v) is 7.63. The highest BCUT2D eigenvalue weighted by Gasteiger charge is 2.58. The Morgan fingerprint density at radius 1 is 0.762 bits per heavy atom. The highest BCUT2D eigenvalue weighted by Crippen LogP contribution is 2.66. The number of hydrogen-bond acceptors (Lipinski definition) is 1. The van der Waals surface area contributed by atoms with E-state index in [-0.39, 0.29) is 0 Å². The Morgan fingerprint density at radius 3 is 2.38 bits per heavy atom. The fourth-order valence-electron chi connectivity index (χ4n) is 7.63. The SMILES string of the molecule is COC1CCC[C@@]2(C)C1CC[C@@H]1[C@H]2CC[C@]2(C)CCC[C@@H]12. The van der Waals surface area contributed by atoms with Gasteiger partial charge in [-0.1, -0.05) is 26.7 Å². The van der Waals surface area contributed by atoms with E-state index in [1.165, 1.54) is 64.2 Å². The van der Waals surface area contributed by atoms with Crippen LogP contribution in [0.25, 0.3) is 0 Å². The van der Waals surface area contributed by atoms with Gasteiger partial charge in [-0.2, -0.15) is 0 Å². The smallest absolute Gasteiger partial charge is 0.0604 e. The third kappa shape index (κ3) is 1.98. The van der Waals surface area contributed by atoms with Crippen LogP contribution in [-0.2, 0) is 4.74 Å². The van der Waals surface area contributed by atoms with Gasteiger partial charge in [-0.25, -0.2) is 0 Å². The molecule has 4 aliphatic carbocycles. The van der Waals surface area contributed by atoms with E-state index in [9.17, 15) is 0 Å². The Kier molecular flexibility index (Phi) is 3.45. The zero-order chi connectivity index (χ0) is 14.7. The van der Waals surface area contributed by atoms with Crippen LogP contribution in [0.2, 0.25) is 0 Å². The molecule has 0 aliphatic heterocycles. The van der Waals surface area contributed by atoms with Crippen LogP contribution in [-0.4, -0.2) is 13.2 Å². The average Bonchev–Trinajstić information content (AvgIpc) is 2.87. The molecule has 120 valence electrons. The maximum atomic E-state index is 5.91. The molecular formula is C20H34O. The summed E-state index contributed by atoms with van der Waals surface area (Å²) >= 11 is 0. The van der Waals surface area contributed by atoms with E-state index in [0.717, 1.165) is 23.7 Å². The van der Waals surface area contributed by atoms with E-state index < -0.39 is 0 Å². The first-order valence-corrected chi connectivity index (χ1v) is 9.61. The molecule has 0 heterocycles. The molecule has 4 aliphatic rings. The highest BCUT2D eigenvalue weighted by molar-refractivity contribution is 5.08. The molecule has 4 fully saturated rings. The minimum Gasteiger partial charge on any atom is -0.381 e. The first-order chi connectivity index (χ1) is 10.1. The van der Waals surface area contributed by atoms with Crippen LogP contribution in [0.3, 0.4) is 0 Å². The zero-order valence-corrected chi connectivity index (χ0v) is 14.4. The predicted molar refractivity (Wildman–Crippen MR) is 87.1 cm³/mol. The van der Waals surface area contributed by atoms with Crippen molar-refractivity contribution in [1.29, 1.82) is 0 Å². The number of rotatable bonds is 1. The van der Waals surface area contributed by atoms with E-state index in [0.29, 0.717) is 16.9 Å². The van der Waals surface area contributed by atoms with Gasteiger partial charge in [-0.05, 0) is 85.9 Å². The van der Waals surface area contributed by atoms with Gasteiger partial charge in [0.15, 0.2) is 0 Å². The van der Waals surface area contributed by atoms with Crippen LogP contribution < -0.4 is 0 Å². The largest absolute Gasteiger partial charge is 0.381 e. The second-order valence-electron chi connectivity index (χ2n) is 9.32. The van der Waals surface area contributed by atoms with Crippen LogP contribution in [0.5, 0.6) is 0 Å². The standard InChI is InChI=1S/C20H34O/c1-19-11-4-6-15(19)14-8-9-17-18(21-3)7-5-12-20(17,2)16(14)10-13-19/h14-18H,4-13H2,1-3H3/t14-,15-,16+,17?,18?,19-,20+/m0/s1.